The fourth-order valence-corrected chi connectivity index (χ4v) is 3.29. The van der Waals surface area contributed by atoms with E-state index in [4.69, 9.17) is 16.3 Å². The molecule has 0 amide bonds. The number of ether oxygens (including phenoxy) is 1. The van der Waals surface area contributed by atoms with Crippen LogP contribution in [0.3, 0.4) is 0 Å². The summed E-state index contributed by atoms with van der Waals surface area (Å²) in [6.07, 6.45) is 3.19. The van der Waals surface area contributed by atoms with Crippen molar-refractivity contribution in [3.05, 3.63) is 92.2 Å². The summed E-state index contributed by atoms with van der Waals surface area (Å²) in [4.78, 5) is 12.1. The van der Waals surface area contributed by atoms with Crippen LogP contribution in [0.2, 0.25) is 5.02 Å². The fraction of sp³-hybridized carbons (Fsp3) is 0.182. The first-order valence-corrected chi connectivity index (χ1v) is 9.98. The van der Waals surface area contributed by atoms with Crippen molar-refractivity contribution in [2.75, 3.05) is 0 Å². The molecule has 2 aromatic carbocycles. The van der Waals surface area contributed by atoms with E-state index >= 15 is 0 Å². The first-order chi connectivity index (χ1) is 13.4. The average Bonchev–Trinajstić information content (AvgIpc) is 2.94. The number of carbonyl (C=O) groups excluding carboxylic acids is 1. The quantitative estimate of drug-likeness (QED) is 0.350. The number of aromatic nitrogens is 2. The monoisotopic (exact) mass is 458 g/mol. The smallest absolute Gasteiger partial charge is 0.331 e. The highest BCUT2D eigenvalue weighted by Crippen LogP contribution is 2.20. The summed E-state index contributed by atoms with van der Waals surface area (Å²) < 4.78 is 8.18. The zero-order valence-corrected chi connectivity index (χ0v) is 18.0. The number of esters is 1. The molecule has 0 radical (unpaired) electrons. The molecule has 4 nitrogen and oxygen atoms in total. The summed E-state index contributed by atoms with van der Waals surface area (Å²) in [6, 6.07) is 15.4. The third kappa shape index (κ3) is 5.12. The Morgan fingerprint density at radius 3 is 2.61 bits per heavy atom. The lowest BCUT2D eigenvalue weighted by Crippen LogP contribution is -2.04. The van der Waals surface area contributed by atoms with Gasteiger partial charge in [0.25, 0.3) is 0 Å². The summed E-state index contributed by atoms with van der Waals surface area (Å²) >= 11 is 9.63. The first kappa shape index (κ1) is 20.4. The van der Waals surface area contributed by atoms with E-state index in [2.05, 4.69) is 21.0 Å². The van der Waals surface area contributed by atoms with Crippen LogP contribution in [0.15, 0.2) is 59.1 Å². The zero-order valence-electron chi connectivity index (χ0n) is 15.7. The lowest BCUT2D eigenvalue weighted by Gasteiger charge is -2.06. The maximum absolute atomic E-state index is 12.1. The Hall–Kier alpha value is -2.37. The molecule has 0 spiro atoms. The van der Waals surface area contributed by atoms with Crippen LogP contribution in [0.1, 0.15) is 28.1 Å². The fourth-order valence-electron chi connectivity index (χ4n) is 2.83. The van der Waals surface area contributed by atoms with Gasteiger partial charge in [0.15, 0.2) is 0 Å². The Morgan fingerprint density at radius 1 is 1.18 bits per heavy atom. The minimum Gasteiger partial charge on any atom is -0.458 e. The molecule has 0 N–H and O–H groups in total. The lowest BCUT2D eigenvalue weighted by atomic mass is 10.1. The summed E-state index contributed by atoms with van der Waals surface area (Å²) in [5, 5.41) is 5.29. The Labute approximate surface area is 177 Å². The maximum Gasteiger partial charge on any atom is 0.331 e. The Kier molecular flexibility index (Phi) is 6.70. The van der Waals surface area contributed by atoms with Crippen molar-refractivity contribution in [3.63, 3.8) is 0 Å². The zero-order chi connectivity index (χ0) is 20.1. The van der Waals surface area contributed by atoms with Gasteiger partial charge in [-0.15, -0.1) is 0 Å². The van der Waals surface area contributed by atoms with Gasteiger partial charge in [-0.1, -0.05) is 57.9 Å². The summed E-state index contributed by atoms with van der Waals surface area (Å²) in [6.45, 7) is 4.71. The van der Waals surface area contributed by atoms with Crippen molar-refractivity contribution in [1.29, 1.82) is 0 Å². The number of carbonyl (C=O) groups is 1. The molecule has 0 atom stereocenters. The van der Waals surface area contributed by atoms with Crippen LogP contribution in [0, 0.1) is 13.8 Å². The predicted octanol–water partition coefficient (Wildman–Crippen LogP) is 5.72. The van der Waals surface area contributed by atoms with Crippen molar-refractivity contribution >= 4 is 39.6 Å². The largest absolute Gasteiger partial charge is 0.458 e. The number of halogens is 2. The summed E-state index contributed by atoms with van der Waals surface area (Å²) in [7, 11) is 0. The Balaban J connectivity index is 1.66. The van der Waals surface area contributed by atoms with Gasteiger partial charge >= 0.3 is 5.97 Å². The first-order valence-electron chi connectivity index (χ1n) is 8.80. The molecule has 1 aromatic heterocycles. The minimum atomic E-state index is -0.388. The second-order valence-electron chi connectivity index (χ2n) is 6.40. The van der Waals surface area contributed by atoms with Gasteiger partial charge in [0.2, 0.25) is 0 Å². The summed E-state index contributed by atoms with van der Waals surface area (Å²) in [5.74, 6) is -0.388. The molecular weight excluding hydrogens is 440 g/mol. The molecule has 0 aliphatic heterocycles. The van der Waals surface area contributed by atoms with Gasteiger partial charge in [0.1, 0.15) is 6.61 Å². The Bertz CT molecular complexity index is 1010. The van der Waals surface area contributed by atoms with Crippen molar-refractivity contribution in [3.8, 4) is 0 Å². The van der Waals surface area contributed by atoms with Crippen LogP contribution in [0.25, 0.3) is 6.08 Å². The number of rotatable bonds is 6. The van der Waals surface area contributed by atoms with Gasteiger partial charge in [-0.2, -0.15) is 5.10 Å². The number of hydrogen-bond acceptors (Lipinski definition) is 3. The predicted molar refractivity (Wildman–Crippen MR) is 115 cm³/mol. The van der Waals surface area contributed by atoms with Gasteiger partial charge in [0, 0.05) is 26.8 Å². The molecule has 3 rings (SSSR count). The van der Waals surface area contributed by atoms with Gasteiger partial charge in [-0.05, 0) is 49.2 Å². The third-order valence-corrected chi connectivity index (χ3v) is 5.29. The van der Waals surface area contributed by atoms with Gasteiger partial charge in [-0.3, -0.25) is 4.68 Å². The molecule has 0 aliphatic carbocycles. The second-order valence-corrected chi connectivity index (χ2v) is 7.72. The number of nitrogens with zero attached hydrogens (tertiary/aromatic N) is 2. The van der Waals surface area contributed by atoms with E-state index in [0.29, 0.717) is 11.6 Å². The highest BCUT2D eigenvalue weighted by molar-refractivity contribution is 9.10. The van der Waals surface area contributed by atoms with Crippen molar-refractivity contribution in [1.82, 2.24) is 9.78 Å². The van der Waals surface area contributed by atoms with Crippen molar-refractivity contribution in [2.24, 2.45) is 0 Å². The topological polar surface area (TPSA) is 44.1 Å². The van der Waals surface area contributed by atoms with Crippen molar-refractivity contribution < 1.29 is 9.53 Å². The molecule has 0 saturated carbocycles. The molecule has 0 bridgehead atoms. The van der Waals surface area contributed by atoms with Gasteiger partial charge in [0.05, 0.1) is 12.2 Å². The SMILES string of the molecule is Cc1nn(Cc2ccccc2Cl)c(C)c1C=CC(=O)OCc1ccc(Br)cc1. The lowest BCUT2D eigenvalue weighted by molar-refractivity contribution is -0.138. The van der Waals surface area contributed by atoms with Crippen LogP contribution >= 0.6 is 27.5 Å². The van der Waals surface area contributed by atoms with Gasteiger partial charge < -0.3 is 4.74 Å². The van der Waals surface area contributed by atoms with E-state index in [1.54, 1.807) is 6.08 Å². The highest BCUT2D eigenvalue weighted by Gasteiger charge is 2.11. The van der Waals surface area contributed by atoms with E-state index in [-0.39, 0.29) is 12.6 Å². The molecule has 0 unspecified atom stereocenters. The molecule has 28 heavy (non-hydrogen) atoms. The molecule has 0 aliphatic rings. The molecular formula is C22H20BrClN2O2. The van der Waals surface area contributed by atoms with E-state index in [1.807, 2.05) is 67.1 Å². The molecule has 144 valence electrons. The standard InChI is InChI=1S/C22H20BrClN2O2/c1-15-20(11-12-22(27)28-14-17-7-9-19(23)10-8-17)16(2)26(25-15)13-18-5-3-4-6-21(18)24/h3-12H,13-14H2,1-2H3. The van der Waals surface area contributed by atoms with Crippen LogP contribution in [0.4, 0.5) is 0 Å². The molecule has 3 aromatic rings. The van der Waals surface area contributed by atoms with E-state index in [9.17, 15) is 4.79 Å². The van der Waals surface area contributed by atoms with E-state index < -0.39 is 0 Å². The molecule has 6 heteroatoms. The van der Waals surface area contributed by atoms with E-state index in [0.717, 1.165) is 32.6 Å². The molecule has 0 fully saturated rings. The third-order valence-electron chi connectivity index (χ3n) is 4.40. The van der Waals surface area contributed by atoms with Crippen LogP contribution < -0.4 is 0 Å². The Morgan fingerprint density at radius 2 is 1.89 bits per heavy atom. The number of aryl methyl sites for hydroxylation is 1. The normalized spacial score (nSPS) is 11.1. The maximum atomic E-state index is 12.1. The van der Waals surface area contributed by atoms with Gasteiger partial charge in [-0.25, -0.2) is 4.79 Å². The second kappa shape index (κ2) is 9.22. The van der Waals surface area contributed by atoms with Crippen molar-refractivity contribution in [2.45, 2.75) is 27.0 Å². The number of hydrogen-bond donors (Lipinski definition) is 0. The summed E-state index contributed by atoms with van der Waals surface area (Å²) in [5.41, 5.74) is 4.66. The van der Waals surface area contributed by atoms with E-state index in [1.165, 1.54) is 6.08 Å². The van der Waals surface area contributed by atoms with Crippen LogP contribution in [0.5, 0.6) is 0 Å². The highest BCUT2D eigenvalue weighted by atomic mass is 79.9. The number of benzene rings is 2. The molecule has 0 saturated heterocycles. The van der Waals surface area contributed by atoms with Crippen LogP contribution in [-0.4, -0.2) is 15.7 Å². The average molecular weight is 460 g/mol. The van der Waals surface area contributed by atoms with Crippen LogP contribution in [-0.2, 0) is 22.7 Å². The molecule has 1 heterocycles. The minimum absolute atomic E-state index is 0.236.